The van der Waals surface area contributed by atoms with Crippen molar-refractivity contribution in [2.45, 2.75) is 44.6 Å². The van der Waals surface area contributed by atoms with E-state index in [1.54, 1.807) is 0 Å². The fourth-order valence-corrected chi connectivity index (χ4v) is 4.58. The first kappa shape index (κ1) is 17.8. The third-order valence-corrected chi connectivity index (χ3v) is 6.33. The first-order valence-corrected chi connectivity index (χ1v) is 9.66. The number of piperidine rings is 1. The number of aryl methyl sites for hydroxylation is 2. The first-order chi connectivity index (χ1) is 13.0. The van der Waals surface area contributed by atoms with Crippen molar-refractivity contribution < 1.29 is 9.59 Å². The third kappa shape index (κ3) is 3.03. The summed E-state index contributed by atoms with van der Waals surface area (Å²) in [5.41, 5.74) is 7.20. The van der Waals surface area contributed by atoms with Gasteiger partial charge in [-0.1, -0.05) is 30.3 Å². The zero-order valence-electron chi connectivity index (χ0n) is 15.7. The van der Waals surface area contributed by atoms with Crippen LogP contribution in [-0.2, 0) is 28.0 Å². The zero-order chi connectivity index (χ0) is 19.0. The third-order valence-electron chi connectivity index (χ3n) is 6.33. The number of carbonyl (C=O) groups excluding carboxylic acids is 2. The molecule has 1 fully saturated rings. The quantitative estimate of drug-likeness (QED) is 0.899. The number of primary amides is 1. The van der Waals surface area contributed by atoms with Gasteiger partial charge in [-0.3, -0.25) is 9.59 Å². The van der Waals surface area contributed by atoms with Gasteiger partial charge >= 0.3 is 0 Å². The van der Waals surface area contributed by atoms with Gasteiger partial charge in [-0.05, 0) is 31.7 Å². The molecule has 2 aliphatic heterocycles. The number of hydrogen-bond donors (Lipinski definition) is 1. The van der Waals surface area contributed by atoms with E-state index in [1.807, 2.05) is 48.4 Å². The van der Waals surface area contributed by atoms with Crippen LogP contribution in [0.1, 0.15) is 36.3 Å². The van der Waals surface area contributed by atoms with Crippen molar-refractivity contribution in [3.8, 4) is 0 Å². The second-order valence-electron chi connectivity index (χ2n) is 7.80. The van der Waals surface area contributed by atoms with Crippen molar-refractivity contribution in [3.05, 3.63) is 53.6 Å². The molecular weight excluding hydrogens is 340 g/mol. The van der Waals surface area contributed by atoms with E-state index in [0.29, 0.717) is 32.5 Å². The van der Waals surface area contributed by atoms with Crippen molar-refractivity contribution >= 4 is 11.8 Å². The Morgan fingerprint density at radius 1 is 1.19 bits per heavy atom. The van der Waals surface area contributed by atoms with Crippen molar-refractivity contribution in [1.29, 1.82) is 0 Å². The number of imidazole rings is 1. The van der Waals surface area contributed by atoms with Gasteiger partial charge in [-0.25, -0.2) is 4.98 Å². The Kier molecular flexibility index (Phi) is 4.50. The van der Waals surface area contributed by atoms with Gasteiger partial charge in [0, 0.05) is 37.9 Å². The number of nitrogens with two attached hydrogens (primary N) is 1. The second-order valence-corrected chi connectivity index (χ2v) is 7.80. The minimum absolute atomic E-state index is 0.0109. The number of hydrogen-bond acceptors (Lipinski definition) is 3. The number of rotatable bonds is 3. The summed E-state index contributed by atoms with van der Waals surface area (Å²) in [6.07, 6.45) is 4.73. The maximum absolute atomic E-state index is 13.1. The number of carbonyl (C=O) groups is 2. The van der Waals surface area contributed by atoms with Crippen LogP contribution in [0.5, 0.6) is 0 Å². The predicted octanol–water partition coefficient (Wildman–Crippen LogP) is 1.80. The van der Waals surface area contributed by atoms with Crippen molar-refractivity contribution in [1.82, 2.24) is 14.5 Å². The molecule has 3 heterocycles. The summed E-state index contributed by atoms with van der Waals surface area (Å²) >= 11 is 0. The van der Waals surface area contributed by atoms with Gasteiger partial charge in [0.1, 0.15) is 5.82 Å². The molecule has 0 aliphatic carbocycles. The fraction of sp³-hybridized carbons (Fsp3) is 0.476. The predicted molar refractivity (Wildman–Crippen MR) is 102 cm³/mol. The van der Waals surface area contributed by atoms with Crippen LogP contribution in [0.2, 0.25) is 0 Å². The second kappa shape index (κ2) is 6.83. The number of amides is 2. The number of nitrogens with zero attached hydrogens (tertiary/aromatic N) is 3. The minimum atomic E-state index is -0.668. The normalized spacial score (nSPS) is 21.5. The van der Waals surface area contributed by atoms with Crippen LogP contribution in [0.25, 0.3) is 0 Å². The SMILES string of the molecule is Cc1cnc2n1CC(C(=O)N1CCC(C(N)=O)(c3ccccc3)CC1)CC2. The molecule has 2 aliphatic rings. The maximum atomic E-state index is 13.1. The number of fused-ring (bicyclic) bond motifs is 1. The van der Waals surface area contributed by atoms with E-state index >= 15 is 0 Å². The highest BCUT2D eigenvalue weighted by Gasteiger charge is 2.43. The Bertz CT molecular complexity index is 850. The molecule has 6 nitrogen and oxygen atoms in total. The molecule has 0 radical (unpaired) electrons. The first-order valence-electron chi connectivity index (χ1n) is 9.66. The molecule has 142 valence electrons. The lowest BCUT2D eigenvalue weighted by molar-refractivity contribution is -0.140. The van der Waals surface area contributed by atoms with E-state index < -0.39 is 5.41 Å². The number of likely N-dealkylation sites (tertiary alicyclic amines) is 1. The largest absolute Gasteiger partial charge is 0.369 e. The highest BCUT2D eigenvalue weighted by atomic mass is 16.2. The van der Waals surface area contributed by atoms with Crippen molar-refractivity contribution in [3.63, 3.8) is 0 Å². The monoisotopic (exact) mass is 366 g/mol. The Morgan fingerprint density at radius 3 is 2.56 bits per heavy atom. The van der Waals surface area contributed by atoms with Gasteiger partial charge in [0.05, 0.1) is 11.3 Å². The van der Waals surface area contributed by atoms with Gasteiger partial charge < -0.3 is 15.2 Å². The van der Waals surface area contributed by atoms with E-state index in [2.05, 4.69) is 9.55 Å². The average Bonchev–Trinajstić information content (AvgIpc) is 3.08. The van der Waals surface area contributed by atoms with Crippen LogP contribution in [0, 0.1) is 12.8 Å². The van der Waals surface area contributed by atoms with Crippen LogP contribution in [-0.4, -0.2) is 39.4 Å². The summed E-state index contributed by atoms with van der Waals surface area (Å²) in [6.45, 7) is 3.88. The van der Waals surface area contributed by atoms with Gasteiger partial charge in [-0.15, -0.1) is 0 Å². The summed E-state index contributed by atoms with van der Waals surface area (Å²) < 4.78 is 2.16. The summed E-state index contributed by atoms with van der Waals surface area (Å²) in [4.78, 5) is 31.7. The maximum Gasteiger partial charge on any atom is 0.228 e. The topological polar surface area (TPSA) is 81.2 Å². The van der Waals surface area contributed by atoms with Gasteiger partial charge in [0.25, 0.3) is 0 Å². The minimum Gasteiger partial charge on any atom is -0.369 e. The molecule has 1 saturated heterocycles. The molecule has 2 N–H and O–H groups in total. The molecule has 0 spiro atoms. The summed E-state index contributed by atoms with van der Waals surface area (Å²) in [5.74, 6) is 0.965. The van der Waals surface area contributed by atoms with Crippen LogP contribution >= 0.6 is 0 Å². The lowest BCUT2D eigenvalue weighted by atomic mass is 9.72. The van der Waals surface area contributed by atoms with Crippen molar-refractivity contribution in [2.75, 3.05) is 13.1 Å². The molecule has 1 aromatic heterocycles. The van der Waals surface area contributed by atoms with Crippen molar-refractivity contribution in [2.24, 2.45) is 11.7 Å². The molecule has 6 heteroatoms. The van der Waals surface area contributed by atoms with E-state index in [1.165, 1.54) is 0 Å². The molecule has 1 unspecified atom stereocenters. The molecular formula is C21H26N4O2. The van der Waals surface area contributed by atoms with E-state index in [4.69, 9.17) is 5.73 Å². The van der Waals surface area contributed by atoms with Crippen LogP contribution in [0.3, 0.4) is 0 Å². The molecule has 1 atom stereocenters. The Balaban J connectivity index is 1.47. The standard InChI is InChI=1S/C21H26N4O2/c1-15-13-23-18-8-7-16(14-25(15)18)19(26)24-11-9-21(10-12-24,20(22)27)17-5-3-2-4-6-17/h2-6,13,16H,7-12,14H2,1H3,(H2,22,27). The molecule has 1 aromatic carbocycles. The molecule has 2 amide bonds. The van der Waals surface area contributed by atoms with Gasteiger partial charge in [-0.2, -0.15) is 0 Å². The Hall–Kier alpha value is -2.63. The fourth-order valence-electron chi connectivity index (χ4n) is 4.58. The lowest BCUT2D eigenvalue weighted by Crippen LogP contribution is -2.53. The summed E-state index contributed by atoms with van der Waals surface area (Å²) in [7, 11) is 0. The molecule has 0 saturated carbocycles. The highest BCUT2D eigenvalue weighted by Crippen LogP contribution is 2.36. The molecule has 27 heavy (non-hydrogen) atoms. The molecule has 2 aromatic rings. The van der Waals surface area contributed by atoms with Crippen LogP contribution < -0.4 is 5.73 Å². The van der Waals surface area contributed by atoms with Crippen LogP contribution in [0.15, 0.2) is 36.5 Å². The lowest BCUT2D eigenvalue weighted by Gasteiger charge is -2.41. The highest BCUT2D eigenvalue weighted by molar-refractivity contribution is 5.87. The van der Waals surface area contributed by atoms with Gasteiger partial charge in [0.2, 0.25) is 11.8 Å². The summed E-state index contributed by atoms with van der Waals surface area (Å²) in [5, 5.41) is 0. The van der Waals surface area contributed by atoms with Crippen LogP contribution in [0.4, 0.5) is 0 Å². The average molecular weight is 366 g/mol. The smallest absolute Gasteiger partial charge is 0.228 e. The Labute approximate surface area is 159 Å². The molecule has 0 bridgehead atoms. The van der Waals surface area contributed by atoms with E-state index in [0.717, 1.165) is 29.9 Å². The Morgan fingerprint density at radius 2 is 1.89 bits per heavy atom. The van der Waals surface area contributed by atoms with E-state index in [-0.39, 0.29) is 17.7 Å². The number of benzene rings is 1. The van der Waals surface area contributed by atoms with Gasteiger partial charge in [0.15, 0.2) is 0 Å². The number of aromatic nitrogens is 2. The summed E-state index contributed by atoms with van der Waals surface area (Å²) in [6, 6.07) is 9.74. The van der Waals surface area contributed by atoms with E-state index in [9.17, 15) is 9.59 Å². The molecule has 4 rings (SSSR count). The zero-order valence-corrected chi connectivity index (χ0v) is 15.7.